The molecule has 0 radical (unpaired) electrons. The average molecular weight is 343 g/mol. The Labute approximate surface area is 144 Å². The van der Waals surface area contributed by atoms with Gasteiger partial charge >= 0.3 is 0 Å². The molecule has 6 heteroatoms. The van der Waals surface area contributed by atoms with Crippen molar-refractivity contribution in [2.24, 2.45) is 0 Å². The van der Waals surface area contributed by atoms with Crippen molar-refractivity contribution >= 4 is 17.7 Å². The molecular formula is C18H17NO4S. The molecule has 5 nitrogen and oxygen atoms in total. The summed E-state index contributed by atoms with van der Waals surface area (Å²) in [5, 5.41) is -0.0306. The molecule has 124 valence electrons. The van der Waals surface area contributed by atoms with E-state index >= 15 is 0 Å². The molecule has 4 rings (SSSR count). The van der Waals surface area contributed by atoms with Gasteiger partial charge < -0.3 is 19.1 Å². The molecule has 1 saturated heterocycles. The lowest BCUT2D eigenvalue weighted by molar-refractivity contribution is 0.0756. The molecule has 2 aliphatic rings. The number of hydrogen-bond acceptors (Lipinski definition) is 5. The third-order valence-corrected chi connectivity index (χ3v) is 5.43. The molecule has 1 fully saturated rings. The van der Waals surface area contributed by atoms with Crippen LogP contribution in [0.4, 0.5) is 0 Å². The average Bonchev–Trinajstić information content (AvgIpc) is 3.29. The minimum Gasteiger partial charge on any atom is -0.496 e. The van der Waals surface area contributed by atoms with Crippen LogP contribution in [0.25, 0.3) is 0 Å². The summed E-state index contributed by atoms with van der Waals surface area (Å²) in [6.07, 6.45) is 0. The van der Waals surface area contributed by atoms with E-state index in [2.05, 4.69) is 0 Å². The molecule has 1 unspecified atom stereocenters. The third kappa shape index (κ3) is 2.57. The molecule has 1 atom stereocenters. The molecule has 2 heterocycles. The number of methoxy groups -OCH3 is 1. The van der Waals surface area contributed by atoms with Crippen molar-refractivity contribution in [3.05, 3.63) is 53.6 Å². The molecule has 1 amide bonds. The number of amides is 1. The SMILES string of the molecule is COc1ccccc1C(=O)N1CCSC1c1ccc2c(c1)OCO2. The number of benzene rings is 2. The largest absolute Gasteiger partial charge is 0.496 e. The number of carbonyl (C=O) groups is 1. The Balaban J connectivity index is 1.64. The summed E-state index contributed by atoms with van der Waals surface area (Å²) in [4.78, 5) is 14.9. The number of ether oxygens (including phenoxy) is 3. The minimum absolute atomic E-state index is 0.0138. The van der Waals surface area contributed by atoms with Crippen LogP contribution in [0.5, 0.6) is 17.2 Å². The maximum absolute atomic E-state index is 13.0. The summed E-state index contributed by atoms with van der Waals surface area (Å²) in [6, 6.07) is 13.2. The van der Waals surface area contributed by atoms with Gasteiger partial charge in [0.15, 0.2) is 11.5 Å². The molecule has 2 aromatic carbocycles. The van der Waals surface area contributed by atoms with E-state index in [0.29, 0.717) is 17.9 Å². The fraction of sp³-hybridized carbons (Fsp3) is 0.278. The predicted octanol–water partition coefficient (Wildman–Crippen LogP) is 3.31. The first-order chi connectivity index (χ1) is 11.8. The van der Waals surface area contributed by atoms with Gasteiger partial charge in [-0.2, -0.15) is 0 Å². The maximum atomic E-state index is 13.0. The van der Waals surface area contributed by atoms with E-state index in [1.165, 1.54) is 0 Å². The highest BCUT2D eigenvalue weighted by molar-refractivity contribution is 7.99. The molecule has 0 saturated carbocycles. The van der Waals surface area contributed by atoms with Crippen LogP contribution in [0.1, 0.15) is 21.3 Å². The van der Waals surface area contributed by atoms with Crippen LogP contribution < -0.4 is 14.2 Å². The zero-order chi connectivity index (χ0) is 16.5. The van der Waals surface area contributed by atoms with E-state index < -0.39 is 0 Å². The lowest BCUT2D eigenvalue weighted by Crippen LogP contribution is -2.30. The lowest BCUT2D eigenvalue weighted by atomic mass is 10.1. The molecule has 0 bridgehead atoms. The molecular weight excluding hydrogens is 326 g/mol. The number of carbonyl (C=O) groups excluding carboxylic acids is 1. The molecule has 0 spiro atoms. The standard InChI is InChI=1S/C18H17NO4S/c1-21-14-5-3-2-4-13(14)17(20)19-8-9-24-18(19)12-6-7-15-16(10-12)23-11-22-15/h2-7,10,18H,8-9,11H2,1H3. The van der Waals surface area contributed by atoms with E-state index in [-0.39, 0.29) is 18.1 Å². The molecule has 24 heavy (non-hydrogen) atoms. The Bertz CT molecular complexity index is 779. The van der Waals surface area contributed by atoms with Crippen LogP contribution in [-0.2, 0) is 0 Å². The van der Waals surface area contributed by atoms with E-state index in [4.69, 9.17) is 14.2 Å². The second kappa shape index (κ2) is 6.28. The predicted molar refractivity (Wildman–Crippen MR) is 91.8 cm³/mol. The molecule has 0 aliphatic carbocycles. The highest BCUT2D eigenvalue weighted by Crippen LogP contribution is 2.43. The van der Waals surface area contributed by atoms with E-state index in [0.717, 1.165) is 22.8 Å². The van der Waals surface area contributed by atoms with E-state index in [9.17, 15) is 4.79 Å². The Morgan fingerprint density at radius 1 is 1.21 bits per heavy atom. The first-order valence-electron chi connectivity index (χ1n) is 7.73. The van der Waals surface area contributed by atoms with Crippen molar-refractivity contribution in [1.29, 1.82) is 0 Å². The number of hydrogen-bond donors (Lipinski definition) is 0. The topological polar surface area (TPSA) is 48.0 Å². The van der Waals surface area contributed by atoms with Crippen molar-refractivity contribution < 1.29 is 19.0 Å². The number of thioether (sulfide) groups is 1. The Morgan fingerprint density at radius 2 is 2.04 bits per heavy atom. The Morgan fingerprint density at radius 3 is 2.92 bits per heavy atom. The highest BCUT2D eigenvalue weighted by Gasteiger charge is 2.33. The number of rotatable bonds is 3. The zero-order valence-corrected chi connectivity index (χ0v) is 14.0. The van der Waals surface area contributed by atoms with Crippen LogP contribution >= 0.6 is 11.8 Å². The maximum Gasteiger partial charge on any atom is 0.258 e. The van der Waals surface area contributed by atoms with Gasteiger partial charge in [0.05, 0.1) is 12.7 Å². The normalized spacial score (nSPS) is 18.7. The number of nitrogens with zero attached hydrogens (tertiary/aromatic N) is 1. The fourth-order valence-corrected chi connectivity index (χ4v) is 4.24. The third-order valence-electron chi connectivity index (χ3n) is 4.17. The minimum atomic E-state index is -0.0306. The first kappa shape index (κ1) is 15.2. The van der Waals surface area contributed by atoms with Crippen LogP contribution in [-0.4, -0.2) is 37.0 Å². The summed E-state index contributed by atoms with van der Waals surface area (Å²) in [5.74, 6) is 2.98. The van der Waals surface area contributed by atoms with Crippen molar-refractivity contribution in [3.63, 3.8) is 0 Å². The lowest BCUT2D eigenvalue weighted by Gasteiger charge is -2.25. The highest BCUT2D eigenvalue weighted by atomic mass is 32.2. The van der Waals surface area contributed by atoms with Crippen LogP contribution in [0.15, 0.2) is 42.5 Å². The molecule has 0 aromatic heterocycles. The monoisotopic (exact) mass is 343 g/mol. The second-order valence-corrected chi connectivity index (χ2v) is 6.72. The smallest absolute Gasteiger partial charge is 0.258 e. The van der Waals surface area contributed by atoms with Crippen molar-refractivity contribution in [2.75, 3.05) is 26.2 Å². The van der Waals surface area contributed by atoms with Crippen LogP contribution in [0.3, 0.4) is 0 Å². The van der Waals surface area contributed by atoms with Gasteiger partial charge in [0, 0.05) is 12.3 Å². The summed E-state index contributed by atoms with van der Waals surface area (Å²) in [5.41, 5.74) is 1.64. The van der Waals surface area contributed by atoms with Crippen molar-refractivity contribution in [3.8, 4) is 17.2 Å². The van der Waals surface area contributed by atoms with Gasteiger partial charge in [-0.3, -0.25) is 4.79 Å². The second-order valence-electron chi connectivity index (χ2n) is 5.53. The summed E-state index contributed by atoms with van der Waals surface area (Å²) < 4.78 is 16.2. The zero-order valence-electron chi connectivity index (χ0n) is 13.2. The molecule has 2 aliphatic heterocycles. The summed E-state index contributed by atoms with van der Waals surface area (Å²) in [7, 11) is 1.58. The summed E-state index contributed by atoms with van der Waals surface area (Å²) >= 11 is 1.75. The fourth-order valence-electron chi connectivity index (χ4n) is 3.00. The number of fused-ring (bicyclic) bond motifs is 1. The van der Waals surface area contributed by atoms with Gasteiger partial charge in [0.25, 0.3) is 5.91 Å². The Hall–Kier alpha value is -2.34. The van der Waals surface area contributed by atoms with Crippen molar-refractivity contribution in [2.45, 2.75) is 5.37 Å². The molecule has 0 N–H and O–H groups in total. The van der Waals surface area contributed by atoms with Gasteiger partial charge in [-0.25, -0.2) is 0 Å². The van der Waals surface area contributed by atoms with Gasteiger partial charge in [-0.1, -0.05) is 18.2 Å². The van der Waals surface area contributed by atoms with E-state index in [1.54, 1.807) is 24.9 Å². The number of para-hydroxylation sites is 1. The van der Waals surface area contributed by atoms with Gasteiger partial charge in [-0.15, -0.1) is 11.8 Å². The Kier molecular flexibility index (Phi) is 3.98. The van der Waals surface area contributed by atoms with Gasteiger partial charge in [0.1, 0.15) is 11.1 Å². The van der Waals surface area contributed by atoms with Crippen molar-refractivity contribution in [1.82, 2.24) is 4.90 Å². The van der Waals surface area contributed by atoms with Crippen LogP contribution in [0.2, 0.25) is 0 Å². The molecule has 2 aromatic rings. The summed E-state index contributed by atoms with van der Waals surface area (Å²) in [6.45, 7) is 0.959. The quantitative estimate of drug-likeness (QED) is 0.856. The first-order valence-corrected chi connectivity index (χ1v) is 8.78. The van der Waals surface area contributed by atoms with Crippen LogP contribution in [0, 0.1) is 0 Å². The van der Waals surface area contributed by atoms with E-state index in [1.807, 2.05) is 41.3 Å². The van der Waals surface area contributed by atoms with Gasteiger partial charge in [0.2, 0.25) is 6.79 Å². The van der Waals surface area contributed by atoms with Gasteiger partial charge in [-0.05, 0) is 29.8 Å².